The summed E-state index contributed by atoms with van der Waals surface area (Å²) in [5.74, 6) is 0.995. The highest BCUT2D eigenvalue weighted by molar-refractivity contribution is 5.26. The lowest BCUT2D eigenvalue weighted by atomic mass is 9.99. The largest absolute Gasteiger partial charge is 0.428 e. The topological polar surface area (TPSA) is 52.0 Å². The van der Waals surface area contributed by atoms with Crippen LogP contribution in [0.15, 0.2) is 40.9 Å². The summed E-state index contributed by atoms with van der Waals surface area (Å²) in [5.41, 5.74) is 6.61. The quantitative estimate of drug-likeness (QED) is 0.787. The van der Waals surface area contributed by atoms with Crippen molar-refractivity contribution in [2.24, 2.45) is 0 Å². The van der Waals surface area contributed by atoms with Gasteiger partial charge in [0.1, 0.15) is 5.76 Å². The number of rotatable bonds is 2. The zero-order valence-electron chi connectivity index (χ0n) is 7.97. The summed E-state index contributed by atoms with van der Waals surface area (Å²) in [6.07, 6.45) is 1.67. The first-order chi connectivity index (χ1) is 6.77. The molecule has 1 aromatic heterocycles. The van der Waals surface area contributed by atoms with Crippen LogP contribution in [0.3, 0.4) is 0 Å². The average molecular weight is 188 g/mol. The van der Waals surface area contributed by atoms with Gasteiger partial charge in [0.2, 0.25) is 0 Å². The maximum atomic E-state index is 5.42. The molecule has 1 atom stereocenters. The van der Waals surface area contributed by atoms with Crippen molar-refractivity contribution < 1.29 is 4.42 Å². The first kappa shape index (κ1) is 8.81. The Balaban J connectivity index is 2.29. The molecule has 0 aliphatic heterocycles. The van der Waals surface area contributed by atoms with Gasteiger partial charge in [-0.15, -0.1) is 0 Å². The van der Waals surface area contributed by atoms with Crippen LogP contribution >= 0.6 is 0 Å². The number of hydrogen-bond acceptors (Lipinski definition) is 3. The van der Waals surface area contributed by atoms with Crippen molar-refractivity contribution in [3.8, 4) is 0 Å². The lowest BCUT2D eigenvalue weighted by Gasteiger charge is -2.06. The molecule has 0 aliphatic carbocycles. The molecule has 1 heterocycles. The Morgan fingerprint density at radius 2 is 2.00 bits per heavy atom. The summed E-state index contributed by atoms with van der Waals surface area (Å²) in [6, 6.07) is 10.3. The van der Waals surface area contributed by atoms with Crippen LogP contribution in [-0.2, 0) is 0 Å². The zero-order chi connectivity index (χ0) is 9.97. The number of nitrogens with two attached hydrogens (primary N) is 1. The molecule has 0 saturated heterocycles. The molecule has 0 fully saturated rings. The number of anilines is 1. The maximum absolute atomic E-state index is 5.42. The van der Waals surface area contributed by atoms with E-state index in [0.717, 1.165) is 5.76 Å². The third-order valence-electron chi connectivity index (χ3n) is 2.27. The van der Waals surface area contributed by atoms with Gasteiger partial charge < -0.3 is 10.2 Å². The first-order valence-corrected chi connectivity index (χ1v) is 4.53. The molecule has 1 unspecified atom stereocenters. The van der Waals surface area contributed by atoms with Crippen molar-refractivity contribution in [2.45, 2.75) is 12.8 Å². The van der Waals surface area contributed by atoms with Gasteiger partial charge in [0.05, 0.1) is 6.20 Å². The maximum Gasteiger partial charge on any atom is 0.292 e. The van der Waals surface area contributed by atoms with Crippen molar-refractivity contribution in [2.75, 3.05) is 5.73 Å². The molecule has 14 heavy (non-hydrogen) atoms. The minimum absolute atomic E-state index is 0.195. The van der Waals surface area contributed by atoms with Gasteiger partial charge in [-0.1, -0.05) is 37.3 Å². The average Bonchev–Trinajstić information content (AvgIpc) is 2.65. The second-order valence-electron chi connectivity index (χ2n) is 3.23. The van der Waals surface area contributed by atoms with Gasteiger partial charge in [-0.3, -0.25) is 0 Å². The molecule has 0 amide bonds. The monoisotopic (exact) mass is 188 g/mol. The third-order valence-corrected chi connectivity index (χ3v) is 2.27. The fourth-order valence-electron chi connectivity index (χ4n) is 1.41. The number of hydrogen-bond donors (Lipinski definition) is 1. The molecule has 0 saturated carbocycles. The Morgan fingerprint density at radius 3 is 2.57 bits per heavy atom. The van der Waals surface area contributed by atoms with Crippen LogP contribution < -0.4 is 5.73 Å². The Hall–Kier alpha value is -1.77. The van der Waals surface area contributed by atoms with E-state index in [1.807, 2.05) is 18.2 Å². The van der Waals surface area contributed by atoms with Gasteiger partial charge in [0.25, 0.3) is 6.01 Å². The highest BCUT2D eigenvalue weighted by Crippen LogP contribution is 2.24. The predicted molar refractivity (Wildman–Crippen MR) is 54.9 cm³/mol. The molecule has 0 bridgehead atoms. The van der Waals surface area contributed by atoms with Gasteiger partial charge in [0.15, 0.2) is 0 Å². The van der Waals surface area contributed by atoms with E-state index in [4.69, 9.17) is 10.2 Å². The molecular weight excluding hydrogens is 176 g/mol. The van der Waals surface area contributed by atoms with Crippen LogP contribution in [0.25, 0.3) is 0 Å². The fraction of sp³-hybridized carbons (Fsp3) is 0.182. The minimum atomic E-state index is 0.195. The number of nitrogen functional groups attached to an aromatic ring is 1. The van der Waals surface area contributed by atoms with Crippen LogP contribution in [-0.4, -0.2) is 4.98 Å². The molecule has 0 radical (unpaired) electrons. The van der Waals surface area contributed by atoms with Crippen LogP contribution in [0.2, 0.25) is 0 Å². The summed E-state index contributed by atoms with van der Waals surface area (Å²) < 4.78 is 5.27. The second kappa shape index (κ2) is 3.54. The molecule has 0 spiro atoms. The summed E-state index contributed by atoms with van der Waals surface area (Å²) in [7, 11) is 0. The standard InChI is InChI=1S/C11H12N2O/c1-8(9-5-3-2-4-6-9)10-7-13-11(12)14-10/h2-8H,1H3,(H2,12,13). The van der Waals surface area contributed by atoms with Crippen molar-refractivity contribution in [1.82, 2.24) is 4.98 Å². The van der Waals surface area contributed by atoms with E-state index >= 15 is 0 Å². The summed E-state index contributed by atoms with van der Waals surface area (Å²) in [6.45, 7) is 2.06. The molecule has 3 heteroatoms. The summed E-state index contributed by atoms with van der Waals surface area (Å²) >= 11 is 0. The van der Waals surface area contributed by atoms with Gasteiger partial charge in [-0.2, -0.15) is 0 Å². The van der Waals surface area contributed by atoms with E-state index in [9.17, 15) is 0 Å². The molecule has 2 aromatic rings. The van der Waals surface area contributed by atoms with Crippen LogP contribution in [0.1, 0.15) is 24.2 Å². The Labute approximate surface area is 82.6 Å². The van der Waals surface area contributed by atoms with Crippen molar-refractivity contribution in [1.29, 1.82) is 0 Å². The lowest BCUT2D eigenvalue weighted by molar-refractivity contribution is 0.509. The highest BCUT2D eigenvalue weighted by Gasteiger charge is 2.12. The van der Waals surface area contributed by atoms with E-state index < -0.39 is 0 Å². The predicted octanol–water partition coefficient (Wildman–Crippen LogP) is 2.41. The Morgan fingerprint density at radius 1 is 1.29 bits per heavy atom. The van der Waals surface area contributed by atoms with Crippen LogP contribution in [0.4, 0.5) is 6.01 Å². The highest BCUT2D eigenvalue weighted by atomic mass is 16.4. The Bertz CT molecular complexity index is 408. The smallest absolute Gasteiger partial charge is 0.292 e. The Kier molecular flexibility index (Phi) is 2.23. The van der Waals surface area contributed by atoms with Crippen molar-refractivity contribution in [3.05, 3.63) is 47.9 Å². The molecule has 1 aromatic carbocycles. The van der Waals surface area contributed by atoms with Gasteiger partial charge in [-0.05, 0) is 5.56 Å². The van der Waals surface area contributed by atoms with Gasteiger partial charge in [-0.25, -0.2) is 4.98 Å². The molecule has 2 rings (SSSR count). The van der Waals surface area contributed by atoms with E-state index in [1.165, 1.54) is 5.56 Å². The minimum Gasteiger partial charge on any atom is -0.428 e. The lowest BCUT2D eigenvalue weighted by Crippen LogP contribution is -1.93. The third kappa shape index (κ3) is 1.62. The fourth-order valence-corrected chi connectivity index (χ4v) is 1.41. The van der Waals surface area contributed by atoms with E-state index in [-0.39, 0.29) is 11.9 Å². The van der Waals surface area contributed by atoms with Crippen molar-refractivity contribution >= 4 is 6.01 Å². The van der Waals surface area contributed by atoms with Gasteiger partial charge in [0, 0.05) is 5.92 Å². The molecule has 3 nitrogen and oxygen atoms in total. The molecule has 72 valence electrons. The van der Waals surface area contributed by atoms with E-state index in [1.54, 1.807) is 6.20 Å². The number of nitrogens with zero attached hydrogens (tertiary/aromatic N) is 1. The second-order valence-corrected chi connectivity index (χ2v) is 3.23. The number of aromatic nitrogens is 1. The number of benzene rings is 1. The van der Waals surface area contributed by atoms with E-state index in [0.29, 0.717) is 0 Å². The van der Waals surface area contributed by atoms with Crippen LogP contribution in [0, 0.1) is 0 Å². The SMILES string of the molecule is CC(c1ccccc1)c1cnc(N)o1. The number of oxazole rings is 1. The van der Waals surface area contributed by atoms with Crippen molar-refractivity contribution in [3.63, 3.8) is 0 Å². The molecule has 0 aliphatic rings. The van der Waals surface area contributed by atoms with Crippen LogP contribution in [0.5, 0.6) is 0 Å². The molecular formula is C11H12N2O. The first-order valence-electron chi connectivity index (χ1n) is 4.53. The zero-order valence-corrected chi connectivity index (χ0v) is 7.97. The van der Waals surface area contributed by atoms with E-state index in [2.05, 4.69) is 24.0 Å². The normalized spacial score (nSPS) is 12.6. The summed E-state index contributed by atoms with van der Waals surface area (Å²) in [4.78, 5) is 3.87. The molecule has 2 N–H and O–H groups in total. The summed E-state index contributed by atoms with van der Waals surface area (Å²) in [5, 5.41) is 0. The van der Waals surface area contributed by atoms with Gasteiger partial charge >= 0.3 is 0 Å².